The largest absolute Gasteiger partial charge is 0.507 e. The van der Waals surface area contributed by atoms with Crippen LogP contribution in [-0.2, 0) is 21.5 Å². The van der Waals surface area contributed by atoms with Crippen LogP contribution in [0.25, 0.3) is 5.76 Å². The van der Waals surface area contributed by atoms with Gasteiger partial charge in [0, 0.05) is 22.3 Å². The molecule has 0 bridgehead atoms. The number of benzene rings is 2. The monoisotopic (exact) mass is 504 g/mol. The number of pyridine rings is 1. The highest BCUT2D eigenvalue weighted by atomic mass is 35.5. The number of carbonyl (C=O) groups excluding carboxylic acids is 2. The Balaban J connectivity index is 1.88. The van der Waals surface area contributed by atoms with E-state index < -0.39 is 17.7 Å². The van der Waals surface area contributed by atoms with E-state index in [-0.39, 0.29) is 23.3 Å². The van der Waals surface area contributed by atoms with Gasteiger partial charge in [0.25, 0.3) is 11.7 Å². The molecule has 1 unspecified atom stereocenters. The molecule has 0 radical (unpaired) electrons. The van der Waals surface area contributed by atoms with Crippen LogP contribution in [0.2, 0.25) is 5.02 Å². The quantitative estimate of drug-likeness (QED) is 0.251. The molecular weight excluding hydrogens is 476 g/mol. The minimum Gasteiger partial charge on any atom is -0.507 e. The number of ether oxygens (including phenoxy) is 1. The Kier molecular flexibility index (Phi) is 7.18. The first-order valence-corrected chi connectivity index (χ1v) is 12.2. The molecule has 1 aliphatic heterocycles. The number of likely N-dealkylation sites (tertiary alicyclic amines) is 1. The summed E-state index contributed by atoms with van der Waals surface area (Å²) in [5.41, 5.74) is 2.38. The highest BCUT2D eigenvalue weighted by molar-refractivity contribution is 6.46. The van der Waals surface area contributed by atoms with Crippen molar-refractivity contribution < 1.29 is 19.4 Å². The summed E-state index contributed by atoms with van der Waals surface area (Å²) in [5.74, 6) is -0.949. The lowest BCUT2D eigenvalue weighted by atomic mass is 9.84. The third-order valence-corrected chi connectivity index (χ3v) is 6.40. The normalized spacial score (nSPS) is 17.5. The van der Waals surface area contributed by atoms with Gasteiger partial charge in [-0.05, 0) is 60.4 Å². The molecule has 1 aliphatic rings. The Bertz CT molecular complexity index is 1310. The van der Waals surface area contributed by atoms with Gasteiger partial charge in [-0.2, -0.15) is 0 Å². The van der Waals surface area contributed by atoms with Crippen LogP contribution in [0.1, 0.15) is 56.1 Å². The predicted molar refractivity (Wildman–Crippen MR) is 140 cm³/mol. The maximum absolute atomic E-state index is 13.3. The molecule has 1 saturated heterocycles. The molecular formula is C29H29ClN2O4. The van der Waals surface area contributed by atoms with Crippen molar-refractivity contribution in [2.75, 3.05) is 6.61 Å². The van der Waals surface area contributed by atoms with Crippen LogP contribution in [0.4, 0.5) is 0 Å². The van der Waals surface area contributed by atoms with Gasteiger partial charge in [-0.15, -0.1) is 0 Å². The van der Waals surface area contributed by atoms with Gasteiger partial charge >= 0.3 is 0 Å². The number of ketones is 1. The molecule has 2 aromatic carbocycles. The van der Waals surface area contributed by atoms with E-state index in [0.29, 0.717) is 34.2 Å². The standard InChI is InChI=1S/C29H29ClN2O4/c1-5-36-23-14-11-19(16-22(23)29(2,3)4)26(33)24-25(18-9-12-20(30)13-10-18)32(28(35)27(24)34)17-21-8-6-7-15-31-21/h6-16,25,33H,5,17H2,1-4H3/b26-24-. The van der Waals surface area contributed by atoms with Crippen LogP contribution in [-0.4, -0.2) is 33.3 Å². The molecule has 186 valence electrons. The van der Waals surface area contributed by atoms with Crippen molar-refractivity contribution >= 4 is 29.1 Å². The summed E-state index contributed by atoms with van der Waals surface area (Å²) in [6, 6.07) is 16.9. The highest BCUT2D eigenvalue weighted by Crippen LogP contribution is 2.41. The van der Waals surface area contributed by atoms with E-state index in [4.69, 9.17) is 16.3 Å². The molecule has 7 heteroatoms. The number of carbonyl (C=O) groups is 2. The number of halogens is 1. The molecule has 1 fully saturated rings. The lowest BCUT2D eigenvalue weighted by Gasteiger charge is -2.26. The molecule has 0 saturated carbocycles. The number of Topliss-reactive ketones (excluding diaryl/α,β-unsaturated/α-hetero) is 1. The van der Waals surface area contributed by atoms with Gasteiger partial charge in [0.1, 0.15) is 11.5 Å². The fourth-order valence-electron chi connectivity index (χ4n) is 4.40. The molecule has 0 aliphatic carbocycles. The zero-order chi connectivity index (χ0) is 26.0. The average molecular weight is 505 g/mol. The zero-order valence-electron chi connectivity index (χ0n) is 20.8. The van der Waals surface area contributed by atoms with Gasteiger partial charge in [0.2, 0.25) is 0 Å². The second-order valence-corrected chi connectivity index (χ2v) is 10.1. The summed E-state index contributed by atoms with van der Waals surface area (Å²) in [6.45, 7) is 8.68. The highest BCUT2D eigenvalue weighted by Gasteiger charge is 2.46. The third-order valence-electron chi connectivity index (χ3n) is 6.15. The number of aromatic nitrogens is 1. The van der Waals surface area contributed by atoms with E-state index in [2.05, 4.69) is 4.98 Å². The molecule has 1 atom stereocenters. The van der Waals surface area contributed by atoms with Gasteiger partial charge in [-0.25, -0.2) is 0 Å². The Morgan fingerprint density at radius 3 is 2.42 bits per heavy atom. The van der Waals surface area contributed by atoms with Crippen LogP contribution in [0.15, 0.2) is 72.4 Å². The van der Waals surface area contributed by atoms with Crippen molar-refractivity contribution in [3.63, 3.8) is 0 Å². The molecule has 1 amide bonds. The lowest BCUT2D eigenvalue weighted by molar-refractivity contribution is -0.140. The van der Waals surface area contributed by atoms with Crippen LogP contribution in [0, 0.1) is 0 Å². The Hall–Kier alpha value is -3.64. The third kappa shape index (κ3) is 5.00. The van der Waals surface area contributed by atoms with E-state index in [0.717, 1.165) is 5.56 Å². The molecule has 2 heterocycles. The van der Waals surface area contributed by atoms with E-state index in [1.165, 1.54) is 4.90 Å². The van der Waals surface area contributed by atoms with Crippen molar-refractivity contribution in [1.82, 2.24) is 9.88 Å². The van der Waals surface area contributed by atoms with Gasteiger partial charge in [-0.1, -0.05) is 50.6 Å². The van der Waals surface area contributed by atoms with E-state index in [9.17, 15) is 14.7 Å². The molecule has 1 aromatic heterocycles. The Morgan fingerprint density at radius 2 is 1.81 bits per heavy atom. The lowest BCUT2D eigenvalue weighted by Crippen LogP contribution is -2.29. The number of amides is 1. The Labute approximate surface area is 216 Å². The first kappa shape index (κ1) is 25.5. The fourth-order valence-corrected chi connectivity index (χ4v) is 4.53. The van der Waals surface area contributed by atoms with E-state index in [1.54, 1.807) is 54.7 Å². The molecule has 36 heavy (non-hydrogen) atoms. The molecule has 0 spiro atoms. The maximum Gasteiger partial charge on any atom is 0.296 e. The fraction of sp³-hybridized carbons (Fsp3) is 0.276. The zero-order valence-corrected chi connectivity index (χ0v) is 21.5. The summed E-state index contributed by atoms with van der Waals surface area (Å²) in [4.78, 5) is 32.3. The first-order chi connectivity index (χ1) is 17.1. The van der Waals surface area contributed by atoms with Crippen molar-refractivity contribution in [2.45, 2.75) is 45.7 Å². The van der Waals surface area contributed by atoms with E-state index >= 15 is 0 Å². The summed E-state index contributed by atoms with van der Waals surface area (Å²) in [7, 11) is 0. The number of hydrogen-bond donors (Lipinski definition) is 1. The molecule has 4 rings (SSSR count). The van der Waals surface area contributed by atoms with Crippen LogP contribution in [0.5, 0.6) is 5.75 Å². The minimum atomic E-state index is -0.797. The summed E-state index contributed by atoms with van der Waals surface area (Å²) in [6.07, 6.45) is 1.64. The number of nitrogens with zero attached hydrogens (tertiary/aromatic N) is 2. The maximum atomic E-state index is 13.3. The average Bonchev–Trinajstić information content (AvgIpc) is 3.09. The second-order valence-electron chi connectivity index (χ2n) is 9.69. The minimum absolute atomic E-state index is 0.0299. The van der Waals surface area contributed by atoms with Crippen molar-refractivity contribution in [3.8, 4) is 5.75 Å². The van der Waals surface area contributed by atoms with Crippen molar-refractivity contribution in [3.05, 3.63) is 99.8 Å². The van der Waals surface area contributed by atoms with Gasteiger partial charge in [-0.3, -0.25) is 14.6 Å². The van der Waals surface area contributed by atoms with Crippen molar-refractivity contribution in [2.24, 2.45) is 0 Å². The second kappa shape index (κ2) is 10.2. The van der Waals surface area contributed by atoms with Gasteiger partial charge in [0.05, 0.1) is 30.5 Å². The topological polar surface area (TPSA) is 79.7 Å². The van der Waals surface area contributed by atoms with E-state index in [1.807, 2.05) is 39.8 Å². The van der Waals surface area contributed by atoms with Gasteiger partial charge < -0.3 is 14.7 Å². The SMILES string of the molecule is CCOc1ccc(/C(O)=C2/C(=O)C(=O)N(Cc3ccccn3)C2c2ccc(Cl)cc2)cc1C(C)(C)C. The number of aliphatic hydroxyl groups is 1. The van der Waals surface area contributed by atoms with Crippen molar-refractivity contribution in [1.29, 1.82) is 0 Å². The summed E-state index contributed by atoms with van der Waals surface area (Å²) < 4.78 is 5.80. The number of hydrogen-bond acceptors (Lipinski definition) is 5. The molecule has 6 nitrogen and oxygen atoms in total. The predicted octanol–water partition coefficient (Wildman–Crippen LogP) is 6.05. The summed E-state index contributed by atoms with van der Waals surface area (Å²) in [5, 5.41) is 12.0. The molecule has 3 aromatic rings. The smallest absolute Gasteiger partial charge is 0.296 e. The number of aliphatic hydroxyl groups excluding tert-OH is 1. The van der Waals surface area contributed by atoms with Crippen LogP contribution < -0.4 is 4.74 Å². The number of rotatable bonds is 6. The Morgan fingerprint density at radius 1 is 1.08 bits per heavy atom. The summed E-state index contributed by atoms with van der Waals surface area (Å²) >= 11 is 6.11. The van der Waals surface area contributed by atoms with Crippen LogP contribution >= 0.6 is 11.6 Å². The van der Waals surface area contributed by atoms with Crippen LogP contribution in [0.3, 0.4) is 0 Å². The van der Waals surface area contributed by atoms with Gasteiger partial charge in [0.15, 0.2) is 0 Å². The first-order valence-electron chi connectivity index (χ1n) is 11.8. The molecule has 1 N–H and O–H groups in total.